The quantitative estimate of drug-likeness (QED) is 0.164. The number of rotatable bonds is 13. The SMILES string of the molecule is Cc1ccc(OCCCCn2c(CCCNC(=O)Cc3ccc(-c4ccccc4)cc3)nc3ccccc32)cc1. The van der Waals surface area contributed by atoms with Crippen molar-refractivity contribution in [2.45, 2.75) is 45.6 Å². The van der Waals surface area contributed by atoms with Crippen LogP contribution in [0, 0.1) is 6.92 Å². The van der Waals surface area contributed by atoms with E-state index >= 15 is 0 Å². The fourth-order valence-corrected chi connectivity index (χ4v) is 4.93. The van der Waals surface area contributed by atoms with Crippen molar-refractivity contribution in [1.29, 1.82) is 0 Å². The summed E-state index contributed by atoms with van der Waals surface area (Å²) in [5, 5.41) is 3.09. The largest absolute Gasteiger partial charge is 0.494 e. The number of amides is 1. The van der Waals surface area contributed by atoms with Gasteiger partial charge in [-0.3, -0.25) is 4.79 Å². The average molecular weight is 532 g/mol. The summed E-state index contributed by atoms with van der Waals surface area (Å²) in [6.07, 6.45) is 4.04. The summed E-state index contributed by atoms with van der Waals surface area (Å²) in [7, 11) is 0. The van der Waals surface area contributed by atoms with Crippen LogP contribution in [0.1, 0.15) is 36.2 Å². The van der Waals surface area contributed by atoms with Gasteiger partial charge in [-0.15, -0.1) is 0 Å². The molecular weight excluding hydrogens is 494 g/mol. The molecule has 0 aliphatic carbocycles. The maximum Gasteiger partial charge on any atom is 0.224 e. The maximum atomic E-state index is 12.6. The molecule has 1 amide bonds. The minimum Gasteiger partial charge on any atom is -0.494 e. The van der Waals surface area contributed by atoms with Crippen LogP contribution in [-0.2, 0) is 24.2 Å². The van der Waals surface area contributed by atoms with Gasteiger partial charge < -0.3 is 14.6 Å². The Morgan fingerprint density at radius 2 is 1.52 bits per heavy atom. The van der Waals surface area contributed by atoms with Gasteiger partial charge in [0.05, 0.1) is 24.1 Å². The topological polar surface area (TPSA) is 56.1 Å². The first-order chi connectivity index (χ1) is 19.7. The number of aryl methyl sites for hydroxylation is 3. The number of para-hydroxylation sites is 2. The average Bonchev–Trinajstić information content (AvgIpc) is 3.34. The normalized spacial score (nSPS) is 11.0. The van der Waals surface area contributed by atoms with E-state index < -0.39 is 0 Å². The summed E-state index contributed by atoms with van der Waals surface area (Å²) >= 11 is 0. The third-order valence-corrected chi connectivity index (χ3v) is 7.12. The molecule has 0 aliphatic heterocycles. The Balaban J connectivity index is 1.08. The fraction of sp³-hybridized carbons (Fsp3) is 0.257. The lowest BCUT2D eigenvalue weighted by Crippen LogP contribution is -2.26. The Morgan fingerprint density at radius 1 is 0.800 bits per heavy atom. The summed E-state index contributed by atoms with van der Waals surface area (Å²) in [6, 6.07) is 35.0. The molecule has 5 heteroatoms. The summed E-state index contributed by atoms with van der Waals surface area (Å²) in [5.41, 5.74) is 6.79. The number of benzene rings is 4. The van der Waals surface area contributed by atoms with E-state index in [1.54, 1.807) is 0 Å². The van der Waals surface area contributed by atoms with E-state index in [9.17, 15) is 4.79 Å². The van der Waals surface area contributed by atoms with Crippen LogP contribution in [0.25, 0.3) is 22.2 Å². The van der Waals surface area contributed by atoms with Gasteiger partial charge in [0.2, 0.25) is 5.91 Å². The third-order valence-electron chi connectivity index (χ3n) is 7.12. The number of hydrogen-bond acceptors (Lipinski definition) is 3. The van der Waals surface area contributed by atoms with Gasteiger partial charge in [0.25, 0.3) is 0 Å². The molecule has 5 rings (SSSR count). The van der Waals surface area contributed by atoms with Crippen molar-refractivity contribution in [2.24, 2.45) is 0 Å². The Labute approximate surface area is 236 Å². The van der Waals surface area contributed by atoms with E-state index in [1.165, 1.54) is 16.6 Å². The molecule has 4 aromatic carbocycles. The second-order valence-corrected chi connectivity index (χ2v) is 10.2. The van der Waals surface area contributed by atoms with Crippen molar-refractivity contribution < 1.29 is 9.53 Å². The number of ether oxygens (including phenoxy) is 1. The van der Waals surface area contributed by atoms with Crippen LogP contribution in [0.15, 0.2) is 103 Å². The molecule has 0 aliphatic rings. The molecule has 0 atom stereocenters. The van der Waals surface area contributed by atoms with Crippen molar-refractivity contribution in [3.05, 3.63) is 120 Å². The highest BCUT2D eigenvalue weighted by molar-refractivity contribution is 5.79. The van der Waals surface area contributed by atoms with E-state index in [0.717, 1.165) is 60.4 Å². The Kier molecular flexibility index (Phi) is 9.25. The molecule has 0 fully saturated rings. The van der Waals surface area contributed by atoms with E-state index in [0.29, 0.717) is 19.6 Å². The van der Waals surface area contributed by atoms with Crippen LogP contribution in [0.4, 0.5) is 0 Å². The lowest BCUT2D eigenvalue weighted by molar-refractivity contribution is -0.120. The van der Waals surface area contributed by atoms with Gasteiger partial charge in [0.1, 0.15) is 11.6 Å². The highest BCUT2D eigenvalue weighted by atomic mass is 16.5. The van der Waals surface area contributed by atoms with E-state index in [1.807, 2.05) is 48.5 Å². The smallest absolute Gasteiger partial charge is 0.224 e. The van der Waals surface area contributed by atoms with E-state index in [4.69, 9.17) is 9.72 Å². The van der Waals surface area contributed by atoms with Crippen LogP contribution >= 0.6 is 0 Å². The van der Waals surface area contributed by atoms with Gasteiger partial charge >= 0.3 is 0 Å². The number of nitrogens with zero attached hydrogens (tertiary/aromatic N) is 2. The van der Waals surface area contributed by atoms with Crippen molar-refractivity contribution >= 4 is 16.9 Å². The first-order valence-corrected chi connectivity index (χ1v) is 14.2. The number of unbranched alkanes of at least 4 members (excludes halogenated alkanes) is 1. The number of carbonyl (C=O) groups excluding carboxylic acids is 1. The van der Waals surface area contributed by atoms with Gasteiger partial charge in [0, 0.05) is 19.5 Å². The Hall–Kier alpha value is -4.38. The molecule has 0 radical (unpaired) electrons. The van der Waals surface area contributed by atoms with Crippen molar-refractivity contribution in [3.8, 4) is 16.9 Å². The molecule has 0 unspecified atom stereocenters. The van der Waals surface area contributed by atoms with Crippen LogP contribution in [0.5, 0.6) is 5.75 Å². The molecule has 40 heavy (non-hydrogen) atoms. The van der Waals surface area contributed by atoms with Crippen LogP contribution < -0.4 is 10.1 Å². The summed E-state index contributed by atoms with van der Waals surface area (Å²) < 4.78 is 8.23. The highest BCUT2D eigenvalue weighted by Crippen LogP contribution is 2.20. The zero-order valence-electron chi connectivity index (χ0n) is 23.2. The van der Waals surface area contributed by atoms with Crippen LogP contribution in [0.2, 0.25) is 0 Å². The number of hydrogen-bond donors (Lipinski definition) is 1. The minimum absolute atomic E-state index is 0.0505. The molecule has 1 aromatic heterocycles. The summed E-state index contributed by atoms with van der Waals surface area (Å²) in [6.45, 7) is 4.32. The van der Waals surface area contributed by atoms with E-state index in [2.05, 4.69) is 71.4 Å². The third kappa shape index (κ3) is 7.38. The minimum atomic E-state index is 0.0505. The highest BCUT2D eigenvalue weighted by Gasteiger charge is 2.11. The number of imidazole rings is 1. The van der Waals surface area contributed by atoms with Gasteiger partial charge in [-0.1, -0.05) is 84.4 Å². The monoisotopic (exact) mass is 531 g/mol. The first-order valence-electron chi connectivity index (χ1n) is 14.2. The predicted octanol–water partition coefficient (Wildman–Crippen LogP) is 7.16. The van der Waals surface area contributed by atoms with Crippen LogP contribution in [0.3, 0.4) is 0 Å². The van der Waals surface area contributed by atoms with Gasteiger partial charge in [-0.2, -0.15) is 0 Å². The molecule has 0 saturated carbocycles. The molecule has 5 aromatic rings. The molecule has 0 bridgehead atoms. The number of nitrogens with one attached hydrogen (secondary N) is 1. The summed E-state index contributed by atoms with van der Waals surface area (Å²) in [4.78, 5) is 17.5. The van der Waals surface area contributed by atoms with Gasteiger partial charge in [-0.25, -0.2) is 4.98 Å². The van der Waals surface area contributed by atoms with Crippen molar-refractivity contribution in [2.75, 3.05) is 13.2 Å². The molecule has 5 nitrogen and oxygen atoms in total. The first kappa shape index (κ1) is 27.2. The molecule has 1 N–H and O–H groups in total. The second kappa shape index (κ2) is 13.6. The molecule has 1 heterocycles. The molecular formula is C35H37N3O2. The lowest BCUT2D eigenvalue weighted by Gasteiger charge is -2.11. The van der Waals surface area contributed by atoms with Crippen LogP contribution in [-0.4, -0.2) is 28.6 Å². The Morgan fingerprint density at radius 3 is 2.33 bits per heavy atom. The molecule has 0 saturated heterocycles. The zero-order chi connectivity index (χ0) is 27.6. The maximum absolute atomic E-state index is 12.6. The van der Waals surface area contributed by atoms with Gasteiger partial charge in [-0.05, 0) is 67.1 Å². The van der Waals surface area contributed by atoms with Crippen molar-refractivity contribution in [1.82, 2.24) is 14.9 Å². The van der Waals surface area contributed by atoms with Gasteiger partial charge in [0.15, 0.2) is 0 Å². The molecule has 0 spiro atoms. The second-order valence-electron chi connectivity index (χ2n) is 10.2. The van der Waals surface area contributed by atoms with E-state index in [-0.39, 0.29) is 5.91 Å². The Bertz CT molecular complexity index is 1510. The number of fused-ring (bicyclic) bond motifs is 1. The zero-order valence-corrected chi connectivity index (χ0v) is 23.2. The standard InChI is InChI=1S/C35H37N3O2/c1-27-15-21-31(22-16-27)40-25-8-7-24-38-33-13-6-5-12-32(33)37-34(38)14-9-23-36-35(39)26-28-17-19-30(20-18-28)29-10-3-2-4-11-29/h2-6,10-13,15-22H,7-9,14,23-26H2,1H3,(H,36,39). The number of aromatic nitrogens is 2. The molecule has 204 valence electrons. The number of carbonyl (C=O) groups is 1. The fourth-order valence-electron chi connectivity index (χ4n) is 4.93. The predicted molar refractivity (Wildman–Crippen MR) is 163 cm³/mol. The van der Waals surface area contributed by atoms with Crippen molar-refractivity contribution in [3.63, 3.8) is 0 Å². The lowest BCUT2D eigenvalue weighted by atomic mass is 10.0. The summed E-state index contributed by atoms with van der Waals surface area (Å²) in [5.74, 6) is 2.05.